The number of nitrogens with two attached hydrogens (primary N) is 1. The number of thioether (sulfide) groups is 1. The summed E-state index contributed by atoms with van der Waals surface area (Å²) in [5, 5.41) is 22.5. The van der Waals surface area contributed by atoms with Crippen molar-refractivity contribution in [2.24, 2.45) is 5.73 Å². The van der Waals surface area contributed by atoms with Crippen molar-refractivity contribution in [2.75, 3.05) is 7.05 Å². The highest BCUT2D eigenvalue weighted by molar-refractivity contribution is 8.06. The van der Waals surface area contributed by atoms with E-state index in [-0.39, 0.29) is 5.57 Å². The van der Waals surface area contributed by atoms with Crippen molar-refractivity contribution in [3.8, 4) is 12.1 Å². The summed E-state index contributed by atoms with van der Waals surface area (Å²) in [6, 6.07) is 9.98. The number of hydrogen-bond acceptors (Lipinski definition) is 5. The van der Waals surface area contributed by atoms with Gasteiger partial charge >= 0.3 is 0 Å². The maximum atomic E-state index is 13.4. The van der Waals surface area contributed by atoms with E-state index < -0.39 is 11.7 Å². The predicted octanol–water partition coefficient (Wildman–Crippen LogP) is 2.30. The fraction of sp³-hybridized carbons (Fsp3) is 0.143. The van der Waals surface area contributed by atoms with Gasteiger partial charge in [-0.2, -0.15) is 10.5 Å². The molecular weight excluding hydrogens is 275 g/mol. The molecule has 6 heteroatoms. The van der Waals surface area contributed by atoms with E-state index >= 15 is 0 Å². The Hall–Kier alpha value is -2.44. The van der Waals surface area contributed by atoms with Crippen molar-refractivity contribution in [3.05, 3.63) is 56.9 Å². The van der Waals surface area contributed by atoms with Crippen LogP contribution in [0, 0.1) is 28.5 Å². The standard InChI is InChI=1S/C14H11FN4S/c1-19-14-11(7-17)12(10(6-16)13(18)20-14)8-3-2-4-9(15)5-8/h2-5,12,19H,18H2,1H3. The Bertz CT molecular complexity index is 694. The summed E-state index contributed by atoms with van der Waals surface area (Å²) in [7, 11) is 1.67. The van der Waals surface area contributed by atoms with Crippen LogP contribution in [-0.4, -0.2) is 7.05 Å². The summed E-state index contributed by atoms with van der Waals surface area (Å²) in [5.74, 6) is -1.05. The van der Waals surface area contributed by atoms with Crippen molar-refractivity contribution in [1.82, 2.24) is 5.32 Å². The van der Waals surface area contributed by atoms with Gasteiger partial charge in [0.15, 0.2) is 0 Å². The summed E-state index contributed by atoms with van der Waals surface area (Å²) in [6.07, 6.45) is 0. The lowest BCUT2D eigenvalue weighted by molar-refractivity contribution is 0.625. The Morgan fingerprint density at radius 1 is 1.30 bits per heavy atom. The molecule has 0 aromatic heterocycles. The molecule has 0 bridgehead atoms. The fourth-order valence-corrected chi connectivity index (χ4v) is 2.95. The zero-order chi connectivity index (χ0) is 14.7. The molecule has 1 heterocycles. The SMILES string of the molecule is CNC1=C(C#N)C(c2cccc(F)c2)C(C#N)=C(N)S1. The molecule has 1 atom stereocenters. The van der Waals surface area contributed by atoms with Crippen LogP contribution < -0.4 is 11.1 Å². The Morgan fingerprint density at radius 3 is 2.55 bits per heavy atom. The highest BCUT2D eigenvalue weighted by atomic mass is 32.2. The molecule has 1 unspecified atom stereocenters. The zero-order valence-corrected chi connectivity index (χ0v) is 11.5. The number of hydrogen-bond donors (Lipinski definition) is 2. The highest BCUT2D eigenvalue weighted by Crippen LogP contribution is 2.43. The third kappa shape index (κ3) is 2.34. The Kier molecular flexibility index (Phi) is 3.97. The van der Waals surface area contributed by atoms with Gasteiger partial charge < -0.3 is 11.1 Å². The largest absolute Gasteiger partial charge is 0.392 e. The number of rotatable bonds is 2. The van der Waals surface area contributed by atoms with Crippen molar-refractivity contribution in [1.29, 1.82) is 10.5 Å². The van der Waals surface area contributed by atoms with Crippen LogP contribution in [0.25, 0.3) is 0 Å². The monoisotopic (exact) mass is 286 g/mol. The second kappa shape index (κ2) is 5.68. The molecule has 4 nitrogen and oxygen atoms in total. The van der Waals surface area contributed by atoms with Crippen molar-refractivity contribution >= 4 is 11.8 Å². The van der Waals surface area contributed by atoms with E-state index in [1.165, 1.54) is 12.1 Å². The summed E-state index contributed by atoms with van der Waals surface area (Å²) >= 11 is 1.14. The topological polar surface area (TPSA) is 85.6 Å². The van der Waals surface area contributed by atoms with Crippen LogP contribution in [-0.2, 0) is 0 Å². The molecule has 0 fully saturated rings. The molecule has 0 aliphatic carbocycles. The Morgan fingerprint density at radius 2 is 2.00 bits per heavy atom. The molecule has 0 spiro atoms. The second-order valence-electron chi connectivity index (χ2n) is 4.08. The number of benzene rings is 1. The van der Waals surface area contributed by atoms with E-state index in [9.17, 15) is 14.9 Å². The minimum absolute atomic E-state index is 0.274. The molecule has 0 saturated heterocycles. The summed E-state index contributed by atoms with van der Waals surface area (Å²) in [4.78, 5) is 0. The van der Waals surface area contributed by atoms with Gasteiger partial charge in [0.05, 0.1) is 39.3 Å². The highest BCUT2D eigenvalue weighted by Gasteiger charge is 2.31. The second-order valence-corrected chi connectivity index (χ2v) is 5.14. The number of nitriles is 2. The molecule has 2 rings (SSSR count). The van der Waals surface area contributed by atoms with Gasteiger partial charge in [-0.25, -0.2) is 4.39 Å². The van der Waals surface area contributed by atoms with Gasteiger partial charge in [0.25, 0.3) is 0 Å². The van der Waals surface area contributed by atoms with Crippen LogP contribution in [0.15, 0.2) is 45.5 Å². The number of nitrogens with one attached hydrogen (secondary N) is 1. The molecule has 20 heavy (non-hydrogen) atoms. The molecule has 1 aliphatic heterocycles. The van der Waals surface area contributed by atoms with Crippen molar-refractivity contribution in [2.45, 2.75) is 5.92 Å². The molecule has 1 aliphatic rings. The van der Waals surface area contributed by atoms with Gasteiger partial charge in [-0.1, -0.05) is 23.9 Å². The first-order valence-corrected chi connectivity index (χ1v) is 6.59. The van der Waals surface area contributed by atoms with E-state index in [4.69, 9.17) is 5.73 Å². The maximum Gasteiger partial charge on any atom is 0.123 e. The minimum Gasteiger partial charge on any atom is -0.392 e. The van der Waals surface area contributed by atoms with Gasteiger partial charge in [0, 0.05) is 7.05 Å². The first kappa shape index (κ1) is 14.0. The minimum atomic E-state index is -0.635. The smallest absolute Gasteiger partial charge is 0.123 e. The van der Waals surface area contributed by atoms with E-state index in [1.54, 1.807) is 19.2 Å². The Balaban J connectivity index is 2.66. The lowest BCUT2D eigenvalue weighted by atomic mass is 9.86. The summed E-state index contributed by atoms with van der Waals surface area (Å²) in [6.45, 7) is 0. The summed E-state index contributed by atoms with van der Waals surface area (Å²) in [5.41, 5.74) is 7.06. The van der Waals surface area contributed by atoms with Crippen LogP contribution >= 0.6 is 11.8 Å². The van der Waals surface area contributed by atoms with Crippen LogP contribution in [0.1, 0.15) is 11.5 Å². The van der Waals surface area contributed by atoms with Crippen molar-refractivity contribution < 1.29 is 4.39 Å². The van der Waals surface area contributed by atoms with E-state index in [0.717, 1.165) is 11.8 Å². The van der Waals surface area contributed by atoms with Gasteiger partial charge in [-0.3, -0.25) is 0 Å². The average Bonchev–Trinajstić information content (AvgIpc) is 2.45. The van der Waals surface area contributed by atoms with E-state index in [1.807, 2.05) is 6.07 Å². The van der Waals surface area contributed by atoms with Gasteiger partial charge in [0.1, 0.15) is 5.82 Å². The molecular formula is C14H11FN4S. The lowest BCUT2D eigenvalue weighted by Crippen LogP contribution is -2.20. The van der Waals surface area contributed by atoms with Gasteiger partial charge in [-0.15, -0.1) is 0 Å². The molecule has 3 N–H and O–H groups in total. The number of nitrogens with zero attached hydrogens (tertiary/aromatic N) is 2. The fourth-order valence-electron chi connectivity index (χ4n) is 2.08. The van der Waals surface area contributed by atoms with E-state index in [2.05, 4.69) is 11.4 Å². The lowest BCUT2D eigenvalue weighted by Gasteiger charge is -2.25. The average molecular weight is 286 g/mol. The zero-order valence-electron chi connectivity index (χ0n) is 10.6. The molecule has 0 amide bonds. The first-order valence-electron chi connectivity index (χ1n) is 5.77. The molecule has 1 aromatic rings. The molecule has 1 aromatic carbocycles. The van der Waals surface area contributed by atoms with Crippen LogP contribution in [0.2, 0.25) is 0 Å². The third-order valence-electron chi connectivity index (χ3n) is 2.95. The third-order valence-corrected chi connectivity index (χ3v) is 4.02. The summed E-state index contributed by atoms with van der Waals surface area (Å²) < 4.78 is 13.4. The molecule has 0 radical (unpaired) electrons. The van der Waals surface area contributed by atoms with Crippen molar-refractivity contribution in [3.63, 3.8) is 0 Å². The van der Waals surface area contributed by atoms with Crippen LogP contribution in [0.5, 0.6) is 0 Å². The number of allylic oxidation sites excluding steroid dienone is 2. The normalized spacial score (nSPS) is 18.5. The van der Waals surface area contributed by atoms with E-state index in [0.29, 0.717) is 21.2 Å². The molecule has 0 saturated carbocycles. The number of halogens is 1. The predicted molar refractivity (Wildman–Crippen MR) is 75.3 cm³/mol. The van der Waals surface area contributed by atoms with Gasteiger partial charge in [0.2, 0.25) is 0 Å². The first-order chi connectivity index (χ1) is 9.62. The van der Waals surface area contributed by atoms with Crippen LogP contribution in [0.3, 0.4) is 0 Å². The maximum absolute atomic E-state index is 13.4. The Labute approximate surface area is 120 Å². The van der Waals surface area contributed by atoms with Gasteiger partial charge in [-0.05, 0) is 17.7 Å². The quantitative estimate of drug-likeness (QED) is 0.871. The van der Waals surface area contributed by atoms with Crippen LogP contribution in [0.4, 0.5) is 4.39 Å². The molecule has 100 valence electrons.